The lowest BCUT2D eigenvalue weighted by molar-refractivity contribution is -0.140. The van der Waals surface area contributed by atoms with Crippen molar-refractivity contribution in [3.8, 4) is 0 Å². The Morgan fingerprint density at radius 2 is 1.00 bits per heavy atom. The Labute approximate surface area is 395 Å². The molecule has 0 atom stereocenters. The molecule has 2 aromatic carbocycles. The molecule has 0 N–H and O–H groups in total. The minimum Gasteiger partial charge on any atom is -0.462 e. The number of aromatic nitrogens is 4. The average Bonchev–Trinajstić information content (AvgIpc) is 3.34. The summed E-state index contributed by atoms with van der Waals surface area (Å²) in [6, 6.07) is 19.6. The maximum Gasteiger partial charge on any atom is 0.331 e. The number of hydrogen-bond donors (Lipinski definition) is 0. The number of ether oxygens (including phenoxy) is 4. The van der Waals surface area contributed by atoms with Gasteiger partial charge in [0.05, 0.1) is 75.2 Å². The van der Waals surface area contributed by atoms with Gasteiger partial charge >= 0.3 is 11.9 Å². The second-order valence-corrected chi connectivity index (χ2v) is 16.4. The van der Waals surface area contributed by atoms with E-state index >= 15 is 0 Å². The summed E-state index contributed by atoms with van der Waals surface area (Å²) in [5, 5.41) is 9.01. The lowest BCUT2D eigenvalue weighted by Crippen LogP contribution is -2.43. The van der Waals surface area contributed by atoms with Crippen molar-refractivity contribution in [2.24, 2.45) is 0 Å². The number of allylic oxidation sites excluding steroid dienone is 2. The molecular formula is C48H58Cl2N8O8. The number of hydrogen-bond acceptors (Lipinski definition) is 14. The molecular weight excluding hydrogens is 887 g/mol. The minimum atomic E-state index is -0.710. The summed E-state index contributed by atoms with van der Waals surface area (Å²) < 4.78 is 24.6. The number of carbonyl (C=O) groups excluding carboxylic acids is 2. The standard InChI is InChI=1S/C48H58Cl2N8O8/c49-41-37-51-57(21-7-15-39-11-3-1-4-12-39)47(61)45(41)55(25-23-53-27-33-63-34-28-53)19-9-31-65-43(59)17-18-44(60)66-32-10-20-56(26-24-54-29-35-64-36-30-54)46-42(50)38-52-58(48(46)62)22-8-16-40-13-5-2-6-14-40/h1-8,11-18,37-38H,9-10,19-36H2/b15-7?,16-8?,18-17+. The normalized spacial score (nSPS) is 14.9. The van der Waals surface area contributed by atoms with Gasteiger partial charge in [-0.05, 0) is 24.0 Å². The Balaban J connectivity index is 0.992. The zero-order chi connectivity index (χ0) is 46.4. The summed E-state index contributed by atoms with van der Waals surface area (Å²) in [6.07, 6.45) is 13.4. The largest absolute Gasteiger partial charge is 0.462 e. The van der Waals surface area contributed by atoms with Gasteiger partial charge in [-0.2, -0.15) is 10.2 Å². The monoisotopic (exact) mass is 944 g/mol. The molecule has 2 fully saturated rings. The smallest absolute Gasteiger partial charge is 0.331 e. The molecule has 16 nitrogen and oxygen atoms in total. The van der Waals surface area contributed by atoms with E-state index < -0.39 is 11.9 Å². The molecule has 2 aliphatic rings. The first-order chi connectivity index (χ1) is 32.2. The molecule has 6 rings (SSSR count). The Morgan fingerprint density at radius 1 is 0.606 bits per heavy atom. The number of benzene rings is 2. The van der Waals surface area contributed by atoms with Crippen molar-refractivity contribution in [1.82, 2.24) is 29.4 Å². The Morgan fingerprint density at radius 3 is 1.39 bits per heavy atom. The van der Waals surface area contributed by atoms with Crippen LogP contribution < -0.4 is 20.9 Å². The highest BCUT2D eigenvalue weighted by molar-refractivity contribution is 6.33. The molecule has 2 aliphatic heterocycles. The first kappa shape index (κ1) is 49.8. The van der Waals surface area contributed by atoms with E-state index in [-0.39, 0.29) is 47.5 Å². The number of morpholine rings is 2. The average molecular weight is 946 g/mol. The SMILES string of the molecule is O=C(/C=C/C(=O)OCCCN(CCN1CCOCC1)c1c(Cl)cnn(CC=Cc2ccccc2)c1=O)OCCCN(CCN1CCOCC1)c1c(Cl)cnn(CC=Cc2ccccc2)c1=O. The summed E-state index contributed by atoms with van der Waals surface area (Å²) in [5.41, 5.74) is 2.02. The van der Waals surface area contributed by atoms with Crippen LogP contribution in [-0.4, -0.2) is 146 Å². The van der Waals surface area contributed by atoms with E-state index in [1.165, 1.54) is 21.8 Å². The summed E-state index contributed by atoms with van der Waals surface area (Å²) >= 11 is 13.3. The molecule has 352 valence electrons. The summed E-state index contributed by atoms with van der Waals surface area (Å²) in [6.45, 7) is 9.37. The third-order valence-corrected chi connectivity index (χ3v) is 11.5. The van der Waals surface area contributed by atoms with Crippen molar-refractivity contribution in [3.63, 3.8) is 0 Å². The fourth-order valence-corrected chi connectivity index (χ4v) is 7.88. The molecule has 0 spiro atoms. The highest BCUT2D eigenvalue weighted by Crippen LogP contribution is 2.22. The van der Waals surface area contributed by atoms with Crippen molar-refractivity contribution in [2.75, 3.05) is 115 Å². The molecule has 0 aliphatic carbocycles. The second kappa shape index (κ2) is 27.1. The Bertz CT molecular complexity index is 2190. The van der Waals surface area contributed by atoms with Crippen molar-refractivity contribution in [3.05, 3.63) is 139 Å². The van der Waals surface area contributed by atoms with Crippen LogP contribution in [-0.2, 0) is 41.6 Å². The van der Waals surface area contributed by atoms with Gasteiger partial charge in [0.15, 0.2) is 0 Å². The number of esters is 2. The topological polar surface area (TPSA) is 154 Å². The number of carbonyl (C=O) groups is 2. The van der Waals surface area contributed by atoms with Gasteiger partial charge in [-0.1, -0.05) is 108 Å². The van der Waals surface area contributed by atoms with E-state index in [9.17, 15) is 19.2 Å². The molecule has 4 heterocycles. The molecule has 0 radical (unpaired) electrons. The first-order valence-corrected chi connectivity index (χ1v) is 23.1. The molecule has 0 amide bonds. The van der Waals surface area contributed by atoms with Gasteiger partial charge in [-0.25, -0.2) is 19.0 Å². The molecule has 0 bridgehead atoms. The predicted molar refractivity (Wildman–Crippen MR) is 257 cm³/mol. The third kappa shape index (κ3) is 16.1. The van der Waals surface area contributed by atoms with Crippen molar-refractivity contribution in [2.45, 2.75) is 25.9 Å². The third-order valence-electron chi connectivity index (χ3n) is 10.9. The zero-order valence-electron chi connectivity index (χ0n) is 37.1. The van der Waals surface area contributed by atoms with Gasteiger partial charge < -0.3 is 28.7 Å². The van der Waals surface area contributed by atoms with E-state index in [0.29, 0.717) is 89.9 Å². The Hall–Kier alpha value is -5.62. The quantitative estimate of drug-likeness (QED) is 0.0530. The fourth-order valence-electron chi connectivity index (χ4n) is 7.39. The number of nitrogens with zero attached hydrogens (tertiary/aromatic N) is 8. The van der Waals surface area contributed by atoms with Gasteiger partial charge in [-0.3, -0.25) is 19.4 Å². The summed E-state index contributed by atoms with van der Waals surface area (Å²) in [4.78, 5) is 61.1. The molecule has 2 saturated heterocycles. The van der Waals surface area contributed by atoms with Crippen molar-refractivity contribution < 1.29 is 28.5 Å². The molecule has 18 heteroatoms. The maximum atomic E-state index is 13.7. The van der Waals surface area contributed by atoms with Crippen LogP contribution in [0.2, 0.25) is 10.0 Å². The number of rotatable bonds is 24. The minimum absolute atomic E-state index is 0.0336. The van der Waals surface area contributed by atoms with Crippen molar-refractivity contribution in [1.29, 1.82) is 0 Å². The van der Waals surface area contributed by atoms with E-state index in [1.807, 2.05) is 94.8 Å². The van der Waals surface area contributed by atoms with Crippen LogP contribution in [0.5, 0.6) is 0 Å². The maximum absolute atomic E-state index is 13.7. The molecule has 4 aromatic rings. The van der Waals surface area contributed by atoms with Crippen LogP contribution in [0.1, 0.15) is 24.0 Å². The first-order valence-electron chi connectivity index (χ1n) is 22.3. The highest BCUT2D eigenvalue weighted by atomic mass is 35.5. The van der Waals surface area contributed by atoms with Crippen molar-refractivity contribution >= 4 is 58.7 Å². The van der Waals surface area contributed by atoms with Gasteiger partial charge in [0, 0.05) is 77.6 Å². The summed E-state index contributed by atoms with van der Waals surface area (Å²) in [7, 11) is 0. The molecule has 2 aromatic heterocycles. The molecule has 0 unspecified atom stereocenters. The van der Waals surface area contributed by atoms with Crippen LogP contribution >= 0.6 is 23.2 Å². The van der Waals surface area contributed by atoms with Gasteiger partial charge in [0.2, 0.25) is 0 Å². The van der Waals surface area contributed by atoms with Gasteiger partial charge in [0.25, 0.3) is 11.1 Å². The lowest BCUT2D eigenvalue weighted by atomic mass is 10.2. The van der Waals surface area contributed by atoms with Gasteiger partial charge in [0.1, 0.15) is 11.4 Å². The van der Waals surface area contributed by atoms with E-state index in [2.05, 4.69) is 20.0 Å². The molecule has 66 heavy (non-hydrogen) atoms. The summed E-state index contributed by atoms with van der Waals surface area (Å²) in [5.74, 6) is -1.42. The zero-order valence-corrected chi connectivity index (χ0v) is 38.6. The Kier molecular flexibility index (Phi) is 20.5. The van der Waals surface area contributed by atoms with E-state index in [1.54, 1.807) is 0 Å². The lowest BCUT2D eigenvalue weighted by Gasteiger charge is -2.31. The van der Waals surface area contributed by atoms with Crippen LogP contribution in [0.3, 0.4) is 0 Å². The number of halogens is 2. The molecule has 0 saturated carbocycles. The van der Waals surface area contributed by atoms with Gasteiger partial charge in [-0.15, -0.1) is 0 Å². The second-order valence-electron chi connectivity index (χ2n) is 15.5. The van der Waals surface area contributed by atoms with E-state index in [0.717, 1.165) is 49.5 Å². The highest BCUT2D eigenvalue weighted by Gasteiger charge is 2.21. The van der Waals surface area contributed by atoms with E-state index in [4.69, 9.17) is 42.1 Å². The van der Waals surface area contributed by atoms with Crippen LogP contribution in [0.25, 0.3) is 12.2 Å². The predicted octanol–water partition coefficient (Wildman–Crippen LogP) is 4.93. The fraction of sp³-hybridized carbons (Fsp3) is 0.417. The van der Waals surface area contributed by atoms with Crippen LogP contribution in [0.15, 0.2) is 107 Å². The van der Waals surface area contributed by atoms with Crippen LogP contribution in [0.4, 0.5) is 11.4 Å². The number of anilines is 2. The van der Waals surface area contributed by atoms with Crippen LogP contribution in [0, 0.1) is 0 Å².